The molecule has 0 aromatic rings. The van der Waals surface area contributed by atoms with Gasteiger partial charge in [0.1, 0.15) is 0 Å². The zero-order chi connectivity index (χ0) is 9.40. The van der Waals surface area contributed by atoms with Gasteiger partial charge in [-0.2, -0.15) is 0 Å². The number of ether oxygens (including phenoxy) is 1. The molecule has 0 aromatic heterocycles. The Morgan fingerprint density at radius 2 is 2.00 bits per heavy atom. The predicted molar refractivity (Wildman–Crippen MR) is 54.9 cm³/mol. The average Bonchev–Trinajstić information content (AvgIpc) is 2.05. The van der Waals surface area contributed by atoms with E-state index in [2.05, 4.69) is 20.8 Å². The van der Waals surface area contributed by atoms with Gasteiger partial charge < -0.3 is 4.74 Å². The van der Waals surface area contributed by atoms with E-state index in [9.17, 15) is 0 Å². The van der Waals surface area contributed by atoms with Gasteiger partial charge in [-0.15, -0.1) is 11.6 Å². The third-order valence-electron chi connectivity index (χ3n) is 1.93. The minimum Gasteiger partial charge on any atom is -0.378 e. The fourth-order valence-electron chi connectivity index (χ4n) is 1.02. The maximum atomic E-state index is 5.99. The highest BCUT2D eigenvalue weighted by molar-refractivity contribution is 6.20. The van der Waals surface area contributed by atoms with Crippen LogP contribution >= 0.6 is 11.6 Å². The van der Waals surface area contributed by atoms with Crippen molar-refractivity contribution in [1.29, 1.82) is 0 Å². The van der Waals surface area contributed by atoms with Crippen LogP contribution in [0.2, 0.25) is 0 Å². The Hall–Kier alpha value is 0.250. The first-order valence-corrected chi connectivity index (χ1v) is 5.40. The van der Waals surface area contributed by atoms with Gasteiger partial charge in [-0.25, -0.2) is 0 Å². The lowest BCUT2D eigenvalue weighted by atomic mass is 10.2. The largest absolute Gasteiger partial charge is 0.378 e. The molecule has 0 aliphatic heterocycles. The van der Waals surface area contributed by atoms with Crippen molar-refractivity contribution in [1.82, 2.24) is 0 Å². The average molecular weight is 193 g/mol. The molecule has 0 spiro atoms. The molecule has 0 rings (SSSR count). The smallest absolute Gasteiger partial charge is 0.0561 e. The number of unbranched alkanes of at least 4 members (excludes halogenated alkanes) is 1. The summed E-state index contributed by atoms with van der Waals surface area (Å²) in [7, 11) is 0. The summed E-state index contributed by atoms with van der Waals surface area (Å²) in [4.78, 5) is 0. The minimum absolute atomic E-state index is 0.279. The van der Waals surface area contributed by atoms with Crippen LogP contribution in [0.4, 0.5) is 0 Å². The summed E-state index contributed by atoms with van der Waals surface area (Å²) in [5.74, 6) is 0. The summed E-state index contributed by atoms with van der Waals surface area (Å²) in [5.41, 5.74) is 0. The quantitative estimate of drug-likeness (QED) is 0.443. The van der Waals surface area contributed by atoms with Crippen LogP contribution in [0.3, 0.4) is 0 Å². The van der Waals surface area contributed by atoms with Gasteiger partial charge in [-0.05, 0) is 26.2 Å². The van der Waals surface area contributed by atoms with Gasteiger partial charge >= 0.3 is 0 Å². The highest BCUT2D eigenvalue weighted by atomic mass is 35.5. The second kappa shape index (κ2) is 7.88. The molecule has 12 heavy (non-hydrogen) atoms. The molecule has 0 radical (unpaired) electrons. The van der Waals surface area contributed by atoms with Crippen LogP contribution < -0.4 is 0 Å². The van der Waals surface area contributed by atoms with Crippen LogP contribution in [0.5, 0.6) is 0 Å². The highest BCUT2D eigenvalue weighted by Crippen LogP contribution is 2.11. The normalized spacial score (nSPS) is 16.0. The third kappa shape index (κ3) is 6.93. The molecule has 0 aliphatic rings. The topological polar surface area (TPSA) is 9.23 Å². The maximum Gasteiger partial charge on any atom is 0.0561 e. The number of hydrogen-bond donors (Lipinski definition) is 0. The fourth-order valence-corrected chi connectivity index (χ4v) is 1.27. The van der Waals surface area contributed by atoms with E-state index in [-0.39, 0.29) is 5.38 Å². The Bertz CT molecular complexity index is 95.8. The molecular weight excluding hydrogens is 172 g/mol. The van der Waals surface area contributed by atoms with Gasteiger partial charge in [0.25, 0.3) is 0 Å². The number of hydrogen-bond acceptors (Lipinski definition) is 1. The summed E-state index contributed by atoms with van der Waals surface area (Å²) in [6, 6.07) is 0. The van der Waals surface area contributed by atoms with Crippen molar-refractivity contribution < 1.29 is 4.74 Å². The Morgan fingerprint density at radius 3 is 2.50 bits per heavy atom. The van der Waals surface area contributed by atoms with Crippen LogP contribution in [0.25, 0.3) is 0 Å². The van der Waals surface area contributed by atoms with Crippen molar-refractivity contribution in [2.75, 3.05) is 6.61 Å². The monoisotopic (exact) mass is 192 g/mol. The molecular formula is C10H21ClO. The molecule has 2 heteroatoms. The van der Waals surface area contributed by atoms with Crippen LogP contribution in [0.15, 0.2) is 0 Å². The van der Waals surface area contributed by atoms with Crippen molar-refractivity contribution in [2.24, 2.45) is 0 Å². The van der Waals surface area contributed by atoms with E-state index >= 15 is 0 Å². The molecule has 2 unspecified atom stereocenters. The third-order valence-corrected chi connectivity index (χ3v) is 2.42. The standard InChI is InChI=1S/C10H21ClO/c1-4-6-7-12-9(3)8-10(11)5-2/h9-10H,4-8H2,1-3H3. The molecule has 0 saturated carbocycles. The van der Waals surface area contributed by atoms with E-state index in [0.29, 0.717) is 6.10 Å². The fraction of sp³-hybridized carbons (Fsp3) is 1.00. The Balaban J connectivity index is 3.26. The van der Waals surface area contributed by atoms with Crippen molar-refractivity contribution in [3.05, 3.63) is 0 Å². The van der Waals surface area contributed by atoms with E-state index in [1.807, 2.05) is 0 Å². The summed E-state index contributed by atoms with van der Waals surface area (Å²) in [6.07, 6.45) is 4.68. The zero-order valence-electron chi connectivity index (χ0n) is 8.48. The Labute approximate surface area is 81.4 Å². The van der Waals surface area contributed by atoms with E-state index in [0.717, 1.165) is 25.9 Å². The van der Waals surface area contributed by atoms with Crippen molar-refractivity contribution >= 4 is 11.6 Å². The lowest BCUT2D eigenvalue weighted by molar-refractivity contribution is 0.0576. The SMILES string of the molecule is CCCCOC(C)CC(Cl)CC. The lowest BCUT2D eigenvalue weighted by Gasteiger charge is -2.15. The molecule has 1 nitrogen and oxygen atoms in total. The van der Waals surface area contributed by atoms with E-state index in [4.69, 9.17) is 16.3 Å². The molecule has 0 fully saturated rings. The van der Waals surface area contributed by atoms with E-state index < -0.39 is 0 Å². The molecule has 0 bridgehead atoms. The van der Waals surface area contributed by atoms with Crippen molar-refractivity contribution in [3.63, 3.8) is 0 Å². The van der Waals surface area contributed by atoms with Gasteiger partial charge in [-0.1, -0.05) is 20.3 Å². The summed E-state index contributed by atoms with van der Waals surface area (Å²) >= 11 is 5.99. The first-order valence-electron chi connectivity index (χ1n) is 4.96. The molecule has 74 valence electrons. The first kappa shape index (κ1) is 12.2. The highest BCUT2D eigenvalue weighted by Gasteiger charge is 2.08. The van der Waals surface area contributed by atoms with Gasteiger partial charge in [0.15, 0.2) is 0 Å². The summed E-state index contributed by atoms with van der Waals surface area (Å²) in [6.45, 7) is 7.26. The van der Waals surface area contributed by atoms with Crippen LogP contribution in [0.1, 0.15) is 46.5 Å². The molecule has 0 saturated heterocycles. The number of halogens is 1. The number of alkyl halides is 1. The van der Waals surface area contributed by atoms with Gasteiger partial charge in [0.05, 0.1) is 6.10 Å². The minimum atomic E-state index is 0.279. The molecule has 0 N–H and O–H groups in total. The summed E-state index contributed by atoms with van der Waals surface area (Å²) < 4.78 is 5.57. The van der Waals surface area contributed by atoms with E-state index in [1.165, 1.54) is 6.42 Å². The molecule has 0 aromatic carbocycles. The first-order chi connectivity index (χ1) is 5.70. The molecule has 0 aliphatic carbocycles. The summed E-state index contributed by atoms with van der Waals surface area (Å²) in [5, 5.41) is 0.279. The van der Waals surface area contributed by atoms with Crippen LogP contribution in [0, 0.1) is 0 Å². The maximum absolute atomic E-state index is 5.99. The van der Waals surface area contributed by atoms with Crippen LogP contribution in [-0.2, 0) is 4.74 Å². The van der Waals surface area contributed by atoms with Gasteiger partial charge in [0, 0.05) is 12.0 Å². The molecule has 2 atom stereocenters. The van der Waals surface area contributed by atoms with Crippen LogP contribution in [-0.4, -0.2) is 18.1 Å². The zero-order valence-corrected chi connectivity index (χ0v) is 9.23. The Kier molecular flexibility index (Phi) is 8.04. The van der Waals surface area contributed by atoms with E-state index in [1.54, 1.807) is 0 Å². The molecule has 0 amide bonds. The number of rotatable bonds is 7. The molecule has 0 heterocycles. The van der Waals surface area contributed by atoms with Gasteiger partial charge in [-0.3, -0.25) is 0 Å². The predicted octanol–water partition coefficient (Wildman–Crippen LogP) is 3.60. The lowest BCUT2D eigenvalue weighted by Crippen LogP contribution is -2.14. The van der Waals surface area contributed by atoms with Crippen molar-refractivity contribution in [3.8, 4) is 0 Å². The second-order valence-corrected chi connectivity index (χ2v) is 3.89. The second-order valence-electron chi connectivity index (χ2n) is 3.28. The van der Waals surface area contributed by atoms with Crippen molar-refractivity contribution in [2.45, 2.75) is 57.9 Å². The Morgan fingerprint density at radius 1 is 1.33 bits per heavy atom. The van der Waals surface area contributed by atoms with Gasteiger partial charge in [0.2, 0.25) is 0 Å².